The number of hydrogen-bond donors (Lipinski definition) is 1. The molecule has 2 nitrogen and oxygen atoms in total. The molecule has 2 rings (SSSR count). The van der Waals surface area contributed by atoms with Crippen molar-refractivity contribution in [3.63, 3.8) is 0 Å². The van der Waals surface area contributed by atoms with Crippen LogP contribution in [0.5, 0.6) is 5.75 Å². The zero-order valence-corrected chi connectivity index (χ0v) is 12.5. The minimum Gasteiger partial charge on any atom is -0.488 e. The highest BCUT2D eigenvalue weighted by molar-refractivity contribution is 7.10. The Labute approximate surface area is 124 Å². The fraction of sp³-hybridized carbons (Fsp3) is 0.294. The maximum atomic E-state index is 8.67. The Morgan fingerprint density at radius 2 is 2.10 bits per heavy atom. The van der Waals surface area contributed by atoms with E-state index >= 15 is 0 Å². The minimum absolute atomic E-state index is 0.108. The molecule has 0 aliphatic carbocycles. The minimum atomic E-state index is -0.108. The summed E-state index contributed by atoms with van der Waals surface area (Å²) in [4.78, 5) is 1.13. The number of thiophene rings is 1. The van der Waals surface area contributed by atoms with Gasteiger partial charge in [-0.1, -0.05) is 43.9 Å². The van der Waals surface area contributed by atoms with Crippen molar-refractivity contribution in [3.8, 4) is 17.6 Å². The molecule has 0 aliphatic rings. The Bertz CT molecular complexity index is 617. The van der Waals surface area contributed by atoms with Gasteiger partial charge in [-0.2, -0.15) is 0 Å². The Kier molecular flexibility index (Phi) is 5.23. The Hall–Kier alpha value is -1.76. The van der Waals surface area contributed by atoms with E-state index in [4.69, 9.17) is 9.84 Å². The molecule has 1 aromatic carbocycles. The van der Waals surface area contributed by atoms with Crippen molar-refractivity contribution in [3.05, 3.63) is 51.7 Å². The number of aliphatic hydroxyl groups is 1. The van der Waals surface area contributed by atoms with Gasteiger partial charge in [0.25, 0.3) is 0 Å². The first-order chi connectivity index (χ1) is 9.70. The monoisotopic (exact) mass is 286 g/mol. The highest BCUT2D eigenvalue weighted by atomic mass is 32.1. The largest absolute Gasteiger partial charge is 0.488 e. The average molecular weight is 286 g/mol. The normalized spacial score (nSPS) is 10.2. The van der Waals surface area contributed by atoms with Gasteiger partial charge in [0.1, 0.15) is 19.0 Å². The van der Waals surface area contributed by atoms with Crippen molar-refractivity contribution < 1.29 is 9.84 Å². The van der Waals surface area contributed by atoms with E-state index in [-0.39, 0.29) is 6.61 Å². The zero-order valence-electron chi connectivity index (χ0n) is 11.7. The first kappa shape index (κ1) is 14.6. The van der Waals surface area contributed by atoms with Crippen LogP contribution >= 0.6 is 11.3 Å². The van der Waals surface area contributed by atoms with E-state index in [2.05, 4.69) is 31.8 Å². The molecule has 1 N–H and O–H groups in total. The molecular weight excluding hydrogens is 268 g/mol. The fourth-order valence-corrected chi connectivity index (χ4v) is 2.63. The molecule has 0 spiro atoms. The lowest BCUT2D eigenvalue weighted by atomic mass is 10.0. The molecule has 0 saturated carbocycles. The molecule has 0 aliphatic heterocycles. The van der Waals surface area contributed by atoms with Gasteiger partial charge in [-0.25, -0.2) is 0 Å². The quantitative estimate of drug-likeness (QED) is 0.866. The lowest BCUT2D eigenvalue weighted by molar-refractivity contribution is 0.305. The molecular formula is C17H18O2S. The summed E-state index contributed by atoms with van der Waals surface area (Å²) >= 11 is 1.62. The SMILES string of the molecule is CC(C)c1ccccc1OCc1cc(C#CCO)cs1. The van der Waals surface area contributed by atoms with Crippen molar-refractivity contribution in [2.75, 3.05) is 6.61 Å². The third-order valence-corrected chi connectivity index (χ3v) is 3.79. The Morgan fingerprint density at radius 3 is 2.85 bits per heavy atom. The number of aliphatic hydroxyl groups excluding tert-OH is 1. The second kappa shape index (κ2) is 7.14. The number of benzene rings is 1. The molecule has 3 heteroatoms. The van der Waals surface area contributed by atoms with Gasteiger partial charge < -0.3 is 9.84 Å². The topological polar surface area (TPSA) is 29.5 Å². The molecule has 1 aromatic heterocycles. The predicted octanol–water partition coefficient (Wildman–Crippen LogP) is 3.79. The van der Waals surface area contributed by atoms with Gasteiger partial charge >= 0.3 is 0 Å². The van der Waals surface area contributed by atoms with Gasteiger partial charge in [0, 0.05) is 15.8 Å². The van der Waals surface area contributed by atoms with Crippen LogP contribution in [0.3, 0.4) is 0 Å². The summed E-state index contributed by atoms with van der Waals surface area (Å²) < 4.78 is 5.92. The second-order valence-corrected chi connectivity index (χ2v) is 5.74. The standard InChI is InChI=1S/C17H18O2S/c1-13(2)16-7-3-4-8-17(16)19-11-15-10-14(12-20-15)6-5-9-18/h3-4,7-8,10,12-13,18H,9,11H2,1-2H3. The van der Waals surface area contributed by atoms with Gasteiger partial charge in [-0.3, -0.25) is 0 Å². The highest BCUT2D eigenvalue weighted by Crippen LogP contribution is 2.27. The third-order valence-electron chi connectivity index (χ3n) is 2.88. The van der Waals surface area contributed by atoms with Gasteiger partial charge in [0.15, 0.2) is 0 Å². The number of para-hydroxylation sites is 1. The van der Waals surface area contributed by atoms with E-state index in [1.807, 2.05) is 29.6 Å². The maximum Gasteiger partial charge on any atom is 0.123 e. The molecule has 20 heavy (non-hydrogen) atoms. The molecule has 1 heterocycles. The zero-order chi connectivity index (χ0) is 14.4. The Morgan fingerprint density at radius 1 is 1.30 bits per heavy atom. The molecule has 0 atom stereocenters. The highest BCUT2D eigenvalue weighted by Gasteiger charge is 2.07. The van der Waals surface area contributed by atoms with Gasteiger partial charge in [-0.05, 0) is 23.6 Å². The van der Waals surface area contributed by atoms with E-state index in [9.17, 15) is 0 Å². The van der Waals surface area contributed by atoms with Crippen LogP contribution in [0.25, 0.3) is 0 Å². The average Bonchev–Trinajstić information content (AvgIpc) is 2.91. The van der Waals surface area contributed by atoms with Gasteiger partial charge in [0.05, 0.1) is 0 Å². The molecule has 0 radical (unpaired) electrons. The first-order valence-electron chi connectivity index (χ1n) is 6.59. The first-order valence-corrected chi connectivity index (χ1v) is 7.47. The summed E-state index contributed by atoms with van der Waals surface area (Å²) in [6, 6.07) is 10.1. The third kappa shape index (κ3) is 3.86. The number of rotatable bonds is 4. The summed E-state index contributed by atoms with van der Waals surface area (Å²) in [5, 5.41) is 10.7. The number of hydrogen-bond acceptors (Lipinski definition) is 3. The van der Waals surface area contributed by atoms with Crippen LogP contribution in [0, 0.1) is 11.8 Å². The van der Waals surface area contributed by atoms with E-state index in [0.29, 0.717) is 12.5 Å². The van der Waals surface area contributed by atoms with E-state index in [1.165, 1.54) is 5.56 Å². The van der Waals surface area contributed by atoms with Crippen molar-refractivity contribution in [1.82, 2.24) is 0 Å². The van der Waals surface area contributed by atoms with Crippen molar-refractivity contribution >= 4 is 11.3 Å². The smallest absolute Gasteiger partial charge is 0.123 e. The molecule has 0 unspecified atom stereocenters. The lowest BCUT2D eigenvalue weighted by Crippen LogP contribution is -1.98. The van der Waals surface area contributed by atoms with Crippen LogP contribution in [0.1, 0.15) is 35.8 Å². The molecule has 0 saturated heterocycles. The van der Waals surface area contributed by atoms with Crippen LogP contribution < -0.4 is 4.74 Å². The molecule has 0 fully saturated rings. The second-order valence-electron chi connectivity index (χ2n) is 4.74. The van der Waals surface area contributed by atoms with Crippen LogP contribution in [-0.2, 0) is 6.61 Å². The molecule has 0 amide bonds. The molecule has 2 aromatic rings. The van der Waals surface area contributed by atoms with Crippen molar-refractivity contribution in [2.45, 2.75) is 26.4 Å². The molecule has 0 bridgehead atoms. The van der Waals surface area contributed by atoms with E-state index < -0.39 is 0 Å². The maximum absolute atomic E-state index is 8.67. The van der Waals surface area contributed by atoms with E-state index in [1.54, 1.807) is 11.3 Å². The van der Waals surface area contributed by atoms with Crippen LogP contribution in [-0.4, -0.2) is 11.7 Å². The lowest BCUT2D eigenvalue weighted by Gasteiger charge is -2.13. The summed E-state index contributed by atoms with van der Waals surface area (Å²) in [6.07, 6.45) is 0. The molecule has 104 valence electrons. The summed E-state index contributed by atoms with van der Waals surface area (Å²) in [6.45, 7) is 4.77. The van der Waals surface area contributed by atoms with Crippen molar-refractivity contribution in [1.29, 1.82) is 0 Å². The Balaban J connectivity index is 2.04. The van der Waals surface area contributed by atoms with Crippen molar-refractivity contribution in [2.24, 2.45) is 0 Å². The number of ether oxygens (including phenoxy) is 1. The van der Waals surface area contributed by atoms with E-state index in [0.717, 1.165) is 16.2 Å². The summed E-state index contributed by atoms with van der Waals surface area (Å²) in [5.74, 6) is 6.93. The summed E-state index contributed by atoms with van der Waals surface area (Å²) in [5.41, 5.74) is 2.16. The summed E-state index contributed by atoms with van der Waals surface area (Å²) in [7, 11) is 0. The predicted molar refractivity (Wildman–Crippen MR) is 83.1 cm³/mol. The van der Waals surface area contributed by atoms with Gasteiger partial charge in [0.2, 0.25) is 0 Å². The van der Waals surface area contributed by atoms with Crippen LogP contribution in [0.2, 0.25) is 0 Å². The van der Waals surface area contributed by atoms with Crippen LogP contribution in [0.4, 0.5) is 0 Å². The van der Waals surface area contributed by atoms with Crippen LogP contribution in [0.15, 0.2) is 35.7 Å². The van der Waals surface area contributed by atoms with Gasteiger partial charge in [-0.15, -0.1) is 11.3 Å². The fourth-order valence-electron chi connectivity index (χ4n) is 1.90.